The maximum absolute atomic E-state index is 12.4. The lowest BCUT2D eigenvalue weighted by Crippen LogP contribution is -2.45. The van der Waals surface area contributed by atoms with Gasteiger partial charge in [-0.05, 0) is 30.5 Å². The van der Waals surface area contributed by atoms with E-state index >= 15 is 0 Å². The molecule has 1 saturated heterocycles. The van der Waals surface area contributed by atoms with Crippen LogP contribution in [0.15, 0.2) is 24.3 Å². The summed E-state index contributed by atoms with van der Waals surface area (Å²) in [5.74, 6) is -0.705. The molecule has 6 nitrogen and oxygen atoms in total. The van der Waals surface area contributed by atoms with E-state index in [-0.39, 0.29) is 18.5 Å². The monoisotopic (exact) mass is 289 g/mol. The highest BCUT2D eigenvalue weighted by Crippen LogP contribution is 2.26. The number of urea groups is 1. The van der Waals surface area contributed by atoms with Gasteiger partial charge in [0, 0.05) is 5.56 Å². The molecule has 1 aliphatic rings. The summed E-state index contributed by atoms with van der Waals surface area (Å²) in [6, 6.07) is 6.19. The van der Waals surface area contributed by atoms with E-state index < -0.39 is 11.4 Å². The van der Waals surface area contributed by atoms with Crippen molar-refractivity contribution in [3.63, 3.8) is 0 Å². The maximum atomic E-state index is 12.4. The Morgan fingerprint density at radius 2 is 1.76 bits per heavy atom. The lowest BCUT2D eigenvalue weighted by atomic mass is 9.93. The van der Waals surface area contributed by atoms with E-state index in [2.05, 4.69) is 5.32 Å². The Kier molecular flexibility index (Phi) is 3.97. The number of primary amides is 1. The third kappa shape index (κ3) is 2.61. The van der Waals surface area contributed by atoms with Crippen LogP contribution >= 0.6 is 0 Å². The Bertz CT molecular complexity index is 576. The zero-order valence-electron chi connectivity index (χ0n) is 12.2. The number of hydrogen-bond acceptors (Lipinski definition) is 3. The van der Waals surface area contributed by atoms with Crippen molar-refractivity contribution in [3.05, 3.63) is 35.4 Å². The van der Waals surface area contributed by atoms with Crippen LogP contribution in [-0.4, -0.2) is 28.3 Å². The zero-order valence-corrected chi connectivity index (χ0v) is 12.2. The van der Waals surface area contributed by atoms with Gasteiger partial charge in [0.25, 0.3) is 5.91 Å². The Morgan fingerprint density at radius 1 is 1.19 bits per heavy atom. The van der Waals surface area contributed by atoms with Crippen LogP contribution in [-0.2, 0) is 11.3 Å². The van der Waals surface area contributed by atoms with Gasteiger partial charge in [0.05, 0.1) is 6.54 Å². The molecule has 6 heteroatoms. The highest BCUT2D eigenvalue weighted by atomic mass is 16.2. The molecule has 4 amide bonds. The predicted octanol–water partition coefficient (Wildman–Crippen LogP) is 1.40. The van der Waals surface area contributed by atoms with Crippen LogP contribution < -0.4 is 11.1 Å². The summed E-state index contributed by atoms with van der Waals surface area (Å²) in [6.45, 7) is 3.95. The van der Waals surface area contributed by atoms with Crippen LogP contribution in [0.5, 0.6) is 0 Å². The number of carbonyl (C=O) groups excluding carboxylic acids is 3. The van der Waals surface area contributed by atoms with E-state index in [1.54, 1.807) is 24.3 Å². The van der Waals surface area contributed by atoms with Crippen molar-refractivity contribution < 1.29 is 14.4 Å². The quantitative estimate of drug-likeness (QED) is 0.802. The Balaban J connectivity index is 2.18. The molecule has 0 spiro atoms. The highest BCUT2D eigenvalue weighted by molar-refractivity contribution is 6.06. The van der Waals surface area contributed by atoms with Crippen molar-refractivity contribution in [1.82, 2.24) is 10.2 Å². The van der Waals surface area contributed by atoms with Crippen LogP contribution in [0.1, 0.15) is 42.6 Å². The first-order chi connectivity index (χ1) is 9.93. The minimum Gasteiger partial charge on any atom is -0.366 e. The molecular formula is C15H19N3O3. The first-order valence-electron chi connectivity index (χ1n) is 6.96. The second kappa shape index (κ2) is 5.55. The summed E-state index contributed by atoms with van der Waals surface area (Å²) in [4.78, 5) is 36.7. The van der Waals surface area contributed by atoms with E-state index in [1.807, 2.05) is 13.8 Å². The fourth-order valence-electron chi connectivity index (χ4n) is 2.51. The minimum absolute atomic E-state index is 0.186. The van der Waals surface area contributed by atoms with Crippen molar-refractivity contribution in [2.45, 2.75) is 38.8 Å². The van der Waals surface area contributed by atoms with Gasteiger partial charge in [-0.1, -0.05) is 26.0 Å². The van der Waals surface area contributed by atoms with Crippen molar-refractivity contribution in [2.24, 2.45) is 5.73 Å². The summed E-state index contributed by atoms with van der Waals surface area (Å²) < 4.78 is 0. The van der Waals surface area contributed by atoms with Crippen LogP contribution in [0.3, 0.4) is 0 Å². The topological polar surface area (TPSA) is 92.5 Å². The molecule has 1 aromatic rings. The summed E-state index contributed by atoms with van der Waals surface area (Å²) >= 11 is 0. The van der Waals surface area contributed by atoms with E-state index in [4.69, 9.17) is 5.73 Å². The van der Waals surface area contributed by atoms with Crippen molar-refractivity contribution in [1.29, 1.82) is 0 Å². The van der Waals surface area contributed by atoms with E-state index in [0.717, 1.165) is 5.56 Å². The van der Waals surface area contributed by atoms with E-state index in [1.165, 1.54) is 4.90 Å². The molecule has 1 aromatic carbocycles. The number of imide groups is 1. The molecule has 2 rings (SSSR count). The van der Waals surface area contributed by atoms with Gasteiger partial charge in [-0.2, -0.15) is 0 Å². The first kappa shape index (κ1) is 15.0. The molecule has 0 aromatic heterocycles. The normalized spacial score (nSPS) is 17.0. The number of hydrogen-bond donors (Lipinski definition) is 2. The van der Waals surface area contributed by atoms with Gasteiger partial charge in [0.15, 0.2) is 0 Å². The fourth-order valence-corrected chi connectivity index (χ4v) is 2.51. The third-order valence-corrected chi connectivity index (χ3v) is 4.03. The molecule has 1 heterocycles. The van der Waals surface area contributed by atoms with Crippen molar-refractivity contribution in [2.75, 3.05) is 0 Å². The Labute approximate surface area is 123 Å². The van der Waals surface area contributed by atoms with Gasteiger partial charge < -0.3 is 11.1 Å². The van der Waals surface area contributed by atoms with E-state index in [9.17, 15) is 14.4 Å². The zero-order chi connectivity index (χ0) is 15.6. The van der Waals surface area contributed by atoms with Crippen molar-refractivity contribution in [3.8, 4) is 0 Å². The second-order valence-electron chi connectivity index (χ2n) is 5.17. The van der Waals surface area contributed by atoms with Gasteiger partial charge in [-0.25, -0.2) is 4.79 Å². The summed E-state index contributed by atoms with van der Waals surface area (Å²) in [7, 11) is 0. The second-order valence-corrected chi connectivity index (χ2v) is 5.17. The van der Waals surface area contributed by atoms with Gasteiger partial charge in [0.1, 0.15) is 5.54 Å². The lowest BCUT2D eigenvalue weighted by molar-refractivity contribution is -0.132. The average Bonchev–Trinajstić information content (AvgIpc) is 2.72. The van der Waals surface area contributed by atoms with Crippen LogP contribution in [0.2, 0.25) is 0 Å². The smallest absolute Gasteiger partial charge is 0.325 e. The number of amides is 4. The molecule has 3 N–H and O–H groups in total. The SMILES string of the molecule is CCC1(CC)NC(=O)N(Cc2ccc(C(N)=O)cc2)C1=O. The molecule has 1 aliphatic heterocycles. The maximum Gasteiger partial charge on any atom is 0.325 e. The third-order valence-electron chi connectivity index (χ3n) is 4.03. The van der Waals surface area contributed by atoms with Crippen LogP contribution in [0.4, 0.5) is 4.79 Å². The number of carbonyl (C=O) groups is 3. The standard InChI is InChI=1S/C15H19N3O3/c1-3-15(4-2)13(20)18(14(21)17-15)9-10-5-7-11(8-6-10)12(16)19/h5-8H,3-4,9H2,1-2H3,(H2,16,19)(H,17,21). The number of nitrogens with zero attached hydrogens (tertiary/aromatic N) is 1. The molecule has 0 atom stereocenters. The molecule has 0 unspecified atom stereocenters. The average molecular weight is 289 g/mol. The first-order valence-corrected chi connectivity index (χ1v) is 6.96. The predicted molar refractivity (Wildman–Crippen MR) is 77.4 cm³/mol. The van der Waals surface area contributed by atoms with Crippen molar-refractivity contribution >= 4 is 17.8 Å². The van der Waals surface area contributed by atoms with Crippen LogP contribution in [0, 0.1) is 0 Å². The number of nitrogens with two attached hydrogens (primary N) is 1. The van der Waals surface area contributed by atoms with Crippen LogP contribution in [0.25, 0.3) is 0 Å². The largest absolute Gasteiger partial charge is 0.366 e. The lowest BCUT2D eigenvalue weighted by Gasteiger charge is -2.23. The molecule has 112 valence electrons. The number of nitrogens with one attached hydrogen (secondary N) is 1. The van der Waals surface area contributed by atoms with Gasteiger partial charge in [0.2, 0.25) is 5.91 Å². The molecular weight excluding hydrogens is 270 g/mol. The summed E-state index contributed by atoms with van der Waals surface area (Å²) in [5.41, 5.74) is 5.55. The van der Waals surface area contributed by atoms with E-state index in [0.29, 0.717) is 18.4 Å². The number of rotatable bonds is 5. The summed E-state index contributed by atoms with van der Waals surface area (Å²) in [5, 5.41) is 2.78. The van der Waals surface area contributed by atoms with Gasteiger partial charge >= 0.3 is 6.03 Å². The highest BCUT2D eigenvalue weighted by Gasteiger charge is 2.48. The molecule has 21 heavy (non-hydrogen) atoms. The molecule has 0 bridgehead atoms. The summed E-state index contributed by atoms with van der Waals surface area (Å²) in [6.07, 6.45) is 1.12. The molecule has 1 fully saturated rings. The van der Waals surface area contributed by atoms with Gasteiger partial charge in [-0.3, -0.25) is 14.5 Å². The Morgan fingerprint density at radius 3 is 2.19 bits per heavy atom. The minimum atomic E-state index is -0.787. The molecule has 0 aliphatic carbocycles. The molecule has 0 radical (unpaired) electrons. The molecule has 0 saturated carbocycles. The Hall–Kier alpha value is -2.37. The van der Waals surface area contributed by atoms with Gasteiger partial charge in [-0.15, -0.1) is 0 Å². The fraction of sp³-hybridized carbons (Fsp3) is 0.400. The number of benzene rings is 1.